The first-order chi connectivity index (χ1) is 8.24. The number of nitrogens with zero attached hydrogens (tertiary/aromatic N) is 2. The number of ether oxygens (including phenoxy) is 1. The number of hydrogen-bond donors (Lipinski definition) is 1. The van der Waals surface area contributed by atoms with E-state index in [0.717, 1.165) is 11.1 Å². The minimum atomic E-state index is 0.429. The predicted molar refractivity (Wildman–Crippen MR) is 66.9 cm³/mol. The highest BCUT2D eigenvalue weighted by Gasteiger charge is 2.08. The summed E-state index contributed by atoms with van der Waals surface area (Å²) in [6, 6.07) is 5.34. The number of halogens is 1. The molecule has 17 heavy (non-hydrogen) atoms. The van der Waals surface area contributed by atoms with Crippen molar-refractivity contribution in [2.24, 2.45) is 5.73 Å². The second-order valence-corrected chi connectivity index (χ2v) is 3.90. The van der Waals surface area contributed by atoms with E-state index in [1.807, 2.05) is 6.07 Å². The van der Waals surface area contributed by atoms with Crippen LogP contribution in [0.1, 0.15) is 5.56 Å². The molecule has 1 aromatic carbocycles. The highest BCUT2D eigenvalue weighted by Crippen LogP contribution is 2.29. The molecule has 0 atom stereocenters. The van der Waals surface area contributed by atoms with Crippen molar-refractivity contribution >= 4 is 11.6 Å². The van der Waals surface area contributed by atoms with Crippen LogP contribution in [0.3, 0.4) is 0 Å². The third-order valence-electron chi connectivity index (χ3n) is 2.35. The van der Waals surface area contributed by atoms with Crippen molar-refractivity contribution < 1.29 is 4.74 Å². The fourth-order valence-electron chi connectivity index (χ4n) is 1.45. The van der Waals surface area contributed by atoms with Gasteiger partial charge in [0.1, 0.15) is 5.75 Å². The lowest BCUT2D eigenvalue weighted by atomic mass is 10.2. The van der Waals surface area contributed by atoms with Gasteiger partial charge in [0.25, 0.3) is 0 Å². The van der Waals surface area contributed by atoms with Gasteiger partial charge in [-0.15, -0.1) is 0 Å². The minimum Gasteiger partial charge on any atom is -0.496 e. The zero-order valence-corrected chi connectivity index (χ0v) is 10.1. The summed E-state index contributed by atoms with van der Waals surface area (Å²) in [7, 11) is 1.59. The summed E-state index contributed by atoms with van der Waals surface area (Å²) in [5.41, 5.74) is 7.19. The van der Waals surface area contributed by atoms with Gasteiger partial charge >= 0.3 is 0 Å². The fourth-order valence-corrected chi connectivity index (χ4v) is 1.61. The maximum Gasteiger partial charge on any atom is 0.162 e. The summed E-state index contributed by atoms with van der Waals surface area (Å²) in [5.74, 6) is 1.24. The third-order valence-corrected chi connectivity index (χ3v) is 2.58. The van der Waals surface area contributed by atoms with E-state index in [9.17, 15) is 0 Å². The molecule has 1 aromatic heterocycles. The van der Waals surface area contributed by atoms with E-state index in [0.29, 0.717) is 23.1 Å². The second-order valence-electron chi connectivity index (χ2n) is 3.46. The number of hydrogen-bond acceptors (Lipinski definition) is 4. The van der Waals surface area contributed by atoms with Crippen LogP contribution < -0.4 is 10.5 Å². The number of methoxy groups -OCH3 is 1. The second kappa shape index (κ2) is 5.12. The smallest absolute Gasteiger partial charge is 0.162 e. The Labute approximate surface area is 104 Å². The Kier molecular flexibility index (Phi) is 3.56. The molecule has 4 nitrogen and oxygen atoms in total. The zero-order valence-electron chi connectivity index (χ0n) is 9.35. The van der Waals surface area contributed by atoms with Crippen LogP contribution in [-0.4, -0.2) is 17.1 Å². The van der Waals surface area contributed by atoms with Crippen molar-refractivity contribution in [1.82, 2.24) is 9.97 Å². The van der Waals surface area contributed by atoms with Crippen LogP contribution in [0.5, 0.6) is 5.75 Å². The molecule has 2 rings (SSSR count). The molecule has 0 saturated carbocycles. The summed E-state index contributed by atoms with van der Waals surface area (Å²) >= 11 is 5.89. The Balaban J connectivity index is 2.44. The lowest BCUT2D eigenvalue weighted by Crippen LogP contribution is -1.99. The summed E-state index contributed by atoms with van der Waals surface area (Å²) in [6.07, 6.45) is 3.41. The van der Waals surface area contributed by atoms with Gasteiger partial charge in [-0.25, -0.2) is 9.97 Å². The molecule has 88 valence electrons. The van der Waals surface area contributed by atoms with E-state index in [-0.39, 0.29) is 0 Å². The first-order valence-corrected chi connectivity index (χ1v) is 5.47. The molecule has 0 amide bonds. The normalized spacial score (nSPS) is 10.3. The average molecular weight is 250 g/mol. The van der Waals surface area contributed by atoms with Gasteiger partial charge in [-0.05, 0) is 18.2 Å². The van der Waals surface area contributed by atoms with Crippen LogP contribution >= 0.6 is 11.6 Å². The van der Waals surface area contributed by atoms with E-state index in [1.54, 1.807) is 31.6 Å². The van der Waals surface area contributed by atoms with Crippen molar-refractivity contribution in [2.75, 3.05) is 7.11 Å². The van der Waals surface area contributed by atoms with E-state index >= 15 is 0 Å². The van der Waals surface area contributed by atoms with E-state index in [1.165, 1.54) is 0 Å². The lowest BCUT2D eigenvalue weighted by molar-refractivity contribution is 0.416. The first kappa shape index (κ1) is 11.8. The van der Waals surface area contributed by atoms with Crippen LogP contribution in [0.25, 0.3) is 11.4 Å². The highest BCUT2D eigenvalue weighted by atomic mass is 35.5. The van der Waals surface area contributed by atoms with Gasteiger partial charge in [-0.2, -0.15) is 0 Å². The maximum atomic E-state index is 5.89. The van der Waals surface area contributed by atoms with Crippen molar-refractivity contribution in [3.63, 3.8) is 0 Å². The molecule has 5 heteroatoms. The van der Waals surface area contributed by atoms with Crippen molar-refractivity contribution in [1.29, 1.82) is 0 Å². The monoisotopic (exact) mass is 249 g/mol. The third kappa shape index (κ3) is 2.54. The van der Waals surface area contributed by atoms with Crippen LogP contribution in [-0.2, 0) is 6.54 Å². The summed E-state index contributed by atoms with van der Waals surface area (Å²) in [6.45, 7) is 0.429. The van der Waals surface area contributed by atoms with Crippen molar-refractivity contribution in [3.05, 3.63) is 41.2 Å². The number of nitrogens with two attached hydrogens (primary N) is 1. The standard InChI is InChI=1S/C12H12ClN3O/c1-17-11-4-9(13)2-3-10(11)12-15-6-8(5-14)7-16-12/h2-4,6-7H,5,14H2,1H3. The topological polar surface area (TPSA) is 61.0 Å². The van der Waals surface area contributed by atoms with Crippen molar-refractivity contribution in [2.45, 2.75) is 6.54 Å². The Bertz CT molecular complexity index is 514. The number of aromatic nitrogens is 2. The van der Waals surface area contributed by atoms with E-state index in [2.05, 4.69) is 9.97 Å². The Morgan fingerprint density at radius 2 is 2.00 bits per heavy atom. The minimum absolute atomic E-state index is 0.429. The van der Waals surface area contributed by atoms with Crippen LogP contribution in [0, 0.1) is 0 Å². The maximum absolute atomic E-state index is 5.89. The van der Waals surface area contributed by atoms with Gasteiger partial charge in [-0.1, -0.05) is 11.6 Å². The molecule has 2 N–H and O–H groups in total. The molecule has 0 saturated heterocycles. The Hall–Kier alpha value is -1.65. The average Bonchev–Trinajstić information content (AvgIpc) is 2.39. The molecule has 0 aliphatic rings. The summed E-state index contributed by atoms with van der Waals surface area (Å²) in [4.78, 5) is 8.49. The summed E-state index contributed by atoms with van der Waals surface area (Å²) in [5, 5.41) is 0.615. The van der Waals surface area contributed by atoms with Gasteiger partial charge in [0.2, 0.25) is 0 Å². The Morgan fingerprint density at radius 3 is 2.59 bits per heavy atom. The fraction of sp³-hybridized carbons (Fsp3) is 0.167. The van der Waals surface area contributed by atoms with Crippen LogP contribution in [0.15, 0.2) is 30.6 Å². The largest absolute Gasteiger partial charge is 0.496 e. The van der Waals surface area contributed by atoms with Crippen molar-refractivity contribution in [3.8, 4) is 17.1 Å². The quantitative estimate of drug-likeness (QED) is 0.907. The van der Waals surface area contributed by atoms with E-state index < -0.39 is 0 Å². The molecular weight excluding hydrogens is 238 g/mol. The molecule has 0 unspecified atom stereocenters. The molecule has 0 aliphatic carbocycles. The summed E-state index contributed by atoms with van der Waals surface area (Å²) < 4.78 is 5.25. The lowest BCUT2D eigenvalue weighted by Gasteiger charge is -2.07. The van der Waals surface area contributed by atoms with E-state index in [4.69, 9.17) is 22.1 Å². The molecule has 0 radical (unpaired) electrons. The number of benzene rings is 1. The molecule has 0 spiro atoms. The van der Waals surface area contributed by atoms with Crippen LogP contribution in [0.4, 0.5) is 0 Å². The number of rotatable bonds is 3. The molecule has 2 aromatic rings. The highest BCUT2D eigenvalue weighted by molar-refractivity contribution is 6.30. The molecule has 0 bridgehead atoms. The predicted octanol–water partition coefficient (Wildman–Crippen LogP) is 2.26. The first-order valence-electron chi connectivity index (χ1n) is 5.09. The molecule has 0 aliphatic heterocycles. The zero-order chi connectivity index (χ0) is 12.3. The Morgan fingerprint density at radius 1 is 1.29 bits per heavy atom. The van der Waals surface area contributed by atoms with Gasteiger partial charge in [0.15, 0.2) is 5.82 Å². The molecular formula is C12H12ClN3O. The van der Waals surface area contributed by atoms with Gasteiger partial charge < -0.3 is 10.5 Å². The molecule has 0 fully saturated rings. The SMILES string of the molecule is COc1cc(Cl)ccc1-c1ncc(CN)cn1. The van der Waals surface area contributed by atoms with Gasteiger partial charge in [-0.3, -0.25) is 0 Å². The molecule has 1 heterocycles. The van der Waals surface area contributed by atoms with Gasteiger partial charge in [0, 0.05) is 29.5 Å². The van der Waals surface area contributed by atoms with Crippen LogP contribution in [0.2, 0.25) is 5.02 Å². The van der Waals surface area contributed by atoms with Gasteiger partial charge in [0.05, 0.1) is 12.7 Å².